The summed E-state index contributed by atoms with van der Waals surface area (Å²) in [6.07, 6.45) is 0. The van der Waals surface area contributed by atoms with Gasteiger partial charge in [0, 0.05) is 24.7 Å². The van der Waals surface area contributed by atoms with Gasteiger partial charge in [0.15, 0.2) is 0 Å². The molecule has 2 fully saturated rings. The zero-order chi connectivity index (χ0) is 4.85. The van der Waals surface area contributed by atoms with E-state index in [0.717, 1.165) is 18.1 Å². The molecule has 0 radical (unpaired) electrons. The van der Waals surface area contributed by atoms with Crippen LogP contribution < -0.4 is 10.6 Å². The zero-order valence-corrected chi connectivity index (χ0v) is 4.44. The van der Waals surface area contributed by atoms with Crippen molar-refractivity contribution in [3.05, 3.63) is 0 Å². The molecule has 0 aromatic rings. The lowest BCUT2D eigenvalue weighted by molar-refractivity contribution is 0.879. The minimum atomic E-state index is 0.792. The SMILES string of the molecule is CC1N[C@H]1C1CN1. The largest absolute Gasteiger partial charge is 0.310 e. The molecule has 2 rings (SSSR count). The Labute approximate surface area is 43.3 Å². The van der Waals surface area contributed by atoms with Crippen LogP contribution in [0.3, 0.4) is 0 Å². The number of rotatable bonds is 1. The Bertz CT molecular complexity index is 88.1. The van der Waals surface area contributed by atoms with Gasteiger partial charge in [-0.1, -0.05) is 0 Å². The van der Waals surface area contributed by atoms with Crippen LogP contribution in [0.1, 0.15) is 6.92 Å². The van der Waals surface area contributed by atoms with Crippen molar-refractivity contribution in [3.63, 3.8) is 0 Å². The van der Waals surface area contributed by atoms with E-state index in [4.69, 9.17) is 0 Å². The van der Waals surface area contributed by atoms with Gasteiger partial charge in [0.1, 0.15) is 0 Å². The predicted molar refractivity (Wildman–Crippen MR) is 28.2 cm³/mol. The topological polar surface area (TPSA) is 43.9 Å². The molecule has 0 amide bonds. The molecule has 2 nitrogen and oxygen atoms in total. The van der Waals surface area contributed by atoms with E-state index in [1.807, 2.05) is 0 Å². The molecule has 40 valence electrons. The average Bonchev–Trinajstić information content (AvgIpc) is 2.23. The van der Waals surface area contributed by atoms with Gasteiger partial charge in [-0.2, -0.15) is 0 Å². The van der Waals surface area contributed by atoms with Gasteiger partial charge in [-0.25, -0.2) is 0 Å². The Morgan fingerprint density at radius 1 is 1.57 bits per heavy atom. The highest BCUT2D eigenvalue weighted by Gasteiger charge is 2.43. The van der Waals surface area contributed by atoms with Crippen molar-refractivity contribution in [3.8, 4) is 0 Å². The van der Waals surface area contributed by atoms with Crippen LogP contribution in [0.25, 0.3) is 0 Å². The second-order valence-electron chi connectivity index (χ2n) is 2.50. The molecule has 7 heavy (non-hydrogen) atoms. The molecule has 0 saturated carbocycles. The first-order chi connectivity index (χ1) is 3.38. The molecule has 3 atom stereocenters. The van der Waals surface area contributed by atoms with Crippen LogP contribution in [-0.2, 0) is 0 Å². The van der Waals surface area contributed by atoms with Gasteiger partial charge in [-0.05, 0) is 6.92 Å². The number of hydrogen-bond acceptors (Lipinski definition) is 2. The van der Waals surface area contributed by atoms with E-state index in [9.17, 15) is 0 Å². The molecule has 0 spiro atoms. The van der Waals surface area contributed by atoms with Crippen LogP contribution in [0, 0.1) is 0 Å². The van der Waals surface area contributed by atoms with Crippen LogP contribution in [0.5, 0.6) is 0 Å². The fraction of sp³-hybridized carbons (Fsp3) is 1.00. The van der Waals surface area contributed by atoms with Crippen molar-refractivity contribution in [1.82, 2.24) is 10.6 Å². The highest BCUT2D eigenvalue weighted by molar-refractivity contribution is 5.09. The lowest BCUT2D eigenvalue weighted by Gasteiger charge is -1.78. The van der Waals surface area contributed by atoms with E-state index >= 15 is 0 Å². The second kappa shape index (κ2) is 1.01. The quantitative estimate of drug-likeness (QED) is 0.427. The summed E-state index contributed by atoms with van der Waals surface area (Å²) in [5.41, 5.74) is 0. The molecule has 2 aliphatic heterocycles. The van der Waals surface area contributed by atoms with E-state index in [-0.39, 0.29) is 0 Å². The normalized spacial score (nSPS) is 57.0. The molecule has 2 saturated heterocycles. The molecular weight excluding hydrogens is 88.1 g/mol. The molecule has 2 N–H and O–H groups in total. The maximum atomic E-state index is 3.33. The summed E-state index contributed by atoms with van der Waals surface area (Å²) in [6, 6.07) is 2.44. The van der Waals surface area contributed by atoms with E-state index in [0.29, 0.717) is 0 Å². The lowest BCUT2D eigenvalue weighted by Crippen LogP contribution is -2.04. The summed E-state index contributed by atoms with van der Waals surface area (Å²) in [5, 5.41) is 6.60. The maximum Gasteiger partial charge on any atom is 0.0388 e. The van der Waals surface area contributed by atoms with Crippen molar-refractivity contribution >= 4 is 0 Å². The Balaban J connectivity index is 1.88. The summed E-state index contributed by atoms with van der Waals surface area (Å²) >= 11 is 0. The summed E-state index contributed by atoms with van der Waals surface area (Å²) in [7, 11) is 0. The molecule has 0 aromatic heterocycles. The molecule has 2 aliphatic rings. The summed E-state index contributed by atoms with van der Waals surface area (Å²) in [5.74, 6) is 0. The molecule has 2 heteroatoms. The van der Waals surface area contributed by atoms with E-state index in [1.54, 1.807) is 0 Å². The standard InChI is InChI=1S/C5H10N2/c1-3-5(7-3)4-2-6-4/h3-7H,2H2,1H3/t3?,4?,5-/m1/s1. The van der Waals surface area contributed by atoms with Crippen molar-refractivity contribution in [2.45, 2.75) is 25.0 Å². The molecule has 0 bridgehead atoms. The van der Waals surface area contributed by atoms with Gasteiger partial charge >= 0.3 is 0 Å². The molecule has 0 aliphatic carbocycles. The van der Waals surface area contributed by atoms with Crippen LogP contribution >= 0.6 is 0 Å². The van der Waals surface area contributed by atoms with Gasteiger partial charge in [0.05, 0.1) is 0 Å². The van der Waals surface area contributed by atoms with E-state index < -0.39 is 0 Å². The second-order valence-corrected chi connectivity index (χ2v) is 2.50. The maximum absolute atomic E-state index is 3.33. The molecule has 2 heterocycles. The molecular formula is C5H10N2. The summed E-state index contributed by atoms with van der Waals surface area (Å²) < 4.78 is 0. The van der Waals surface area contributed by atoms with Crippen molar-refractivity contribution in [2.24, 2.45) is 0 Å². The van der Waals surface area contributed by atoms with Crippen molar-refractivity contribution in [1.29, 1.82) is 0 Å². The minimum Gasteiger partial charge on any atom is -0.310 e. The van der Waals surface area contributed by atoms with Crippen LogP contribution in [0.15, 0.2) is 0 Å². The third-order valence-corrected chi connectivity index (χ3v) is 1.76. The smallest absolute Gasteiger partial charge is 0.0388 e. The Kier molecular flexibility index (Phi) is 0.557. The first-order valence-corrected chi connectivity index (χ1v) is 2.87. The zero-order valence-electron chi connectivity index (χ0n) is 4.44. The first-order valence-electron chi connectivity index (χ1n) is 2.87. The fourth-order valence-corrected chi connectivity index (χ4v) is 1.03. The van der Waals surface area contributed by atoms with Gasteiger partial charge in [-0.3, -0.25) is 0 Å². The van der Waals surface area contributed by atoms with Gasteiger partial charge < -0.3 is 10.6 Å². The Hall–Kier alpha value is -0.0800. The third-order valence-electron chi connectivity index (χ3n) is 1.76. The number of hydrogen-bond donors (Lipinski definition) is 2. The summed E-state index contributed by atoms with van der Waals surface area (Å²) in [6.45, 7) is 3.46. The van der Waals surface area contributed by atoms with Gasteiger partial charge in [-0.15, -0.1) is 0 Å². The van der Waals surface area contributed by atoms with Gasteiger partial charge in [0.25, 0.3) is 0 Å². The minimum absolute atomic E-state index is 0.792. The van der Waals surface area contributed by atoms with Crippen LogP contribution in [-0.4, -0.2) is 24.7 Å². The monoisotopic (exact) mass is 98.1 g/mol. The highest BCUT2D eigenvalue weighted by atomic mass is 15.3. The summed E-state index contributed by atoms with van der Waals surface area (Å²) in [4.78, 5) is 0. The Morgan fingerprint density at radius 3 is 2.29 bits per heavy atom. The third kappa shape index (κ3) is 0.545. The predicted octanol–water partition coefficient (Wildman–Crippen LogP) is -0.682. The van der Waals surface area contributed by atoms with E-state index in [1.165, 1.54) is 6.54 Å². The van der Waals surface area contributed by atoms with Crippen LogP contribution in [0.4, 0.5) is 0 Å². The lowest BCUT2D eigenvalue weighted by atomic mass is 10.3. The van der Waals surface area contributed by atoms with E-state index in [2.05, 4.69) is 17.6 Å². The fourth-order valence-electron chi connectivity index (χ4n) is 1.03. The van der Waals surface area contributed by atoms with Crippen molar-refractivity contribution in [2.75, 3.05) is 6.54 Å². The highest BCUT2D eigenvalue weighted by Crippen LogP contribution is 2.18. The average molecular weight is 98.1 g/mol. The first kappa shape index (κ1) is 3.87. The van der Waals surface area contributed by atoms with Crippen molar-refractivity contribution < 1.29 is 0 Å². The number of nitrogens with one attached hydrogen (secondary N) is 2. The van der Waals surface area contributed by atoms with Crippen LogP contribution in [0.2, 0.25) is 0 Å². The van der Waals surface area contributed by atoms with Gasteiger partial charge in [0.2, 0.25) is 0 Å². The Morgan fingerprint density at radius 2 is 2.14 bits per heavy atom. The molecule has 0 aromatic carbocycles. The molecule has 2 unspecified atom stereocenters.